The molecule has 0 aliphatic carbocycles. The average Bonchev–Trinajstić information content (AvgIpc) is 2.56. The Morgan fingerprint density at radius 1 is 1.17 bits per heavy atom. The van der Waals surface area contributed by atoms with E-state index in [-0.39, 0.29) is 18.7 Å². The number of halogens is 1. The van der Waals surface area contributed by atoms with E-state index >= 15 is 0 Å². The van der Waals surface area contributed by atoms with Gasteiger partial charge in [0.05, 0.1) is 10.7 Å². The minimum absolute atomic E-state index is 0.0336. The average molecular weight is 333 g/mol. The number of urea groups is 1. The number of amides is 2. The molecule has 5 heteroatoms. The Morgan fingerprint density at radius 3 is 2.48 bits per heavy atom. The lowest BCUT2D eigenvalue weighted by atomic mass is 10.1. The number of hydrogen-bond donors (Lipinski definition) is 2. The molecule has 0 saturated heterocycles. The van der Waals surface area contributed by atoms with Gasteiger partial charge < -0.3 is 15.3 Å². The molecule has 1 unspecified atom stereocenters. The van der Waals surface area contributed by atoms with Crippen LogP contribution in [-0.2, 0) is 6.54 Å². The van der Waals surface area contributed by atoms with Gasteiger partial charge in [-0.25, -0.2) is 4.79 Å². The molecule has 122 valence electrons. The van der Waals surface area contributed by atoms with Crippen LogP contribution in [0.5, 0.6) is 0 Å². The van der Waals surface area contributed by atoms with E-state index in [4.69, 9.17) is 11.6 Å². The Labute approximate surface area is 141 Å². The van der Waals surface area contributed by atoms with Gasteiger partial charge in [0.2, 0.25) is 0 Å². The summed E-state index contributed by atoms with van der Waals surface area (Å²) < 4.78 is 0. The molecule has 2 amide bonds. The number of benzene rings is 2. The lowest BCUT2D eigenvalue weighted by Crippen LogP contribution is -2.41. The normalized spacial score (nSPS) is 11.8. The minimum atomic E-state index is -0.233. The smallest absolute Gasteiger partial charge is 0.322 e. The molecule has 2 N–H and O–H groups in total. The molecule has 0 aliphatic rings. The first-order chi connectivity index (χ1) is 11.1. The summed E-state index contributed by atoms with van der Waals surface area (Å²) in [7, 11) is 0. The molecule has 2 aromatic carbocycles. The fraction of sp³-hybridized carbons (Fsp3) is 0.278. The van der Waals surface area contributed by atoms with E-state index in [1.165, 1.54) is 0 Å². The van der Waals surface area contributed by atoms with Crippen LogP contribution in [0.2, 0.25) is 5.02 Å². The predicted molar refractivity (Wildman–Crippen MR) is 93.6 cm³/mol. The number of nitrogens with one attached hydrogen (secondary N) is 1. The number of anilines is 1. The molecule has 23 heavy (non-hydrogen) atoms. The summed E-state index contributed by atoms with van der Waals surface area (Å²) in [5.74, 6) is 0. The number of para-hydroxylation sites is 1. The van der Waals surface area contributed by atoms with E-state index in [1.54, 1.807) is 17.0 Å². The SMILES string of the molecule is CC(CCO)N(Cc1ccccc1)C(=O)Nc1ccccc1Cl. The van der Waals surface area contributed by atoms with Crippen LogP contribution in [0.4, 0.5) is 10.5 Å². The van der Waals surface area contributed by atoms with E-state index in [9.17, 15) is 9.90 Å². The second-order valence-corrected chi connectivity index (χ2v) is 5.79. The van der Waals surface area contributed by atoms with Crippen molar-refractivity contribution in [3.05, 3.63) is 65.2 Å². The molecule has 0 spiro atoms. The highest BCUT2D eigenvalue weighted by Crippen LogP contribution is 2.22. The second kappa shape index (κ2) is 8.56. The zero-order valence-corrected chi connectivity index (χ0v) is 13.8. The zero-order chi connectivity index (χ0) is 16.7. The predicted octanol–water partition coefficient (Wildman–Crippen LogP) is 4.15. The first-order valence-corrected chi connectivity index (χ1v) is 7.96. The van der Waals surface area contributed by atoms with Crippen LogP contribution in [0.25, 0.3) is 0 Å². The molecule has 0 aromatic heterocycles. The number of rotatable bonds is 6. The molecule has 0 bridgehead atoms. The van der Waals surface area contributed by atoms with Crippen molar-refractivity contribution < 1.29 is 9.90 Å². The molecule has 2 rings (SSSR count). The maximum atomic E-state index is 12.7. The van der Waals surface area contributed by atoms with Crippen molar-refractivity contribution in [2.75, 3.05) is 11.9 Å². The number of hydrogen-bond acceptors (Lipinski definition) is 2. The largest absolute Gasteiger partial charge is 0.396 e. The van der Waals surface area contributed by atoms with Gasteiger partial charge in [-0.15, -0.1) is 0 Å². The van der Waals surface area contributed by atoms with Crippen molar-refractivity contribution in [2.24, 2.45) is 0 Å². The Hall–Kier alpha value is -2.04. The Kier molecular flexibility index (Phi) is 6.44. The molecule has 0 heterocycles. The van der Waals surface area contributed by atoms with E-state index < -0.39 is 0 Å². The van der Waals surface area contributed by atoms with Gasteiger partial charge >= 0.3 is 6.03 Å². The maximum absolute atomic E-state index is 12.7. The Bertz CT molecular complexity index is 634. The van der Waals surface area contributed by atoms with E-state index in [1.807, 2.05) is 49.4 Å². The summed E-state index contributed by atoms with van der Waals surface area (Å²) in [5.41, 5.74) is 1.61. The lowest BCUT2D eigenvalue weighted by Gasteiger charge is -2.29. The van der Waals surface area contributed by atoms with Crippen LogP contribution < -0.4 is 5.32 Å². The molecule has 0 aliphatic heterocycles. The van der Waals surface area contributed by atoms with Gasteiger partial charge in [0.15, 0.2) is 0 Å². The number of aliphatic hydroxyl groups is 1. The standard InChI is InChI=1S/C18H21ClN2O2/c1-14(11-12-22)21(13-15-7-3-2-4-8-15)18(23)20-17-10-6-5-9-16(17)19/h2-10,14,22H,11-13H2,1H3,(H,20,23). The van der Waals surface area contributed by atoms with E-state index in [2.05, 4.69) is 5.32 Å². The van der Waals surface area contributed by atoms with Crippen LogP contribution >= 0.6 is 11.6 Å². The van der Waals surface area contributed by atoms with Gasteiger partial charge in [-0.3, -0.25) is 0 Å². The fourth-order valence-corrected chi connectivity index (χ4v) is 2.48. The first kappa shape index (κ1) is 17.3. The molecular formula is C18H21ClN2O2. The summed E-state index contributed by atoms with van der Waals surface area (Å²) in [6.07, 6.45) is 0.517. The molecule has 1 atom stereocenters. The lowest BCUT2D eigenvalue weighted by molar-refractivity contribution is 0.169. The van der Waals surface area contributed by atoms with Crippen LogP contribution in [-0.4, -0.2) is 28.7 Å². The number of carbonyl (C=O) groups is 1. The van der Waals surface area contributed by atoms with Gasteiger partial charge in [-0.2, -0.15) is 0 Å². The number of nitrogens with zero attached hydrogens (tertiary/aromatic N) is 1. The van der Waals surface area contributed by atoms with Gasteiger partial charge in [-0.05, 0) is 31.0 Å². The molecule has 0 saturated carbocycles. The highest BCUT2D eigenvalue weighted by Gasteiger charge is 2.20. The summed E-state index contributed by atoms with van der Waals surface area (Å²) in [6.45, 7) is 2.43. The van der Waals surface area contributed by atoms with Crippen molar-refractivity contribution in [3.63, 3.8) is 0 Å². The van der Waals surface area contributed by atoms with Crippen molar-refractivity contribution in [2.45, 2.75) is 25.9 Å². The second-order valence-electron chi connectivity index (χ2n) is 5.38. The highest BCUT2D eigenvalue weighted by molar-refractivity contribution is 6.33. The third-order valence-corrected chi connectivity index (χ3v) is 3.98. The van der Waals surface area contributed by atoms with Gasteiger partial charge in [0, 0.05) is 19.2 Å². The van der Waals surface area contributed by atoms with Crippen LogP contribution in [0.15, 0.2) is 54.6 Å². The molecule has 2 aromatic rings. The number of carbonyl (C=O) groups excluding carboxylic acids is 1. The number of aliphatic hydroxyl groups excluding tert-OH is 1. The van der Waals surface area contributed by atoms with Gasteiger partial charge in [0.25, 0.3) is 0 Å². The van der Waals surface area contributed by atoms with Gasteiger partial charge in [0.1, 0.15) is 0 Å². The van der Waals surface area contributed by atoms with Crippen molar-refractivity contribution in [1.29, 1.82) is 0 Å². The third kappa shape index (κ3) is 4.98. The van der Waals surface area contributed by atoms with E-state index in [0.717, 1.165) is 5.56 Å². The molecular weight excluding hydrogens is 312 g/mol. The summed E-state index contributed by atoms with van der Waals surface area (Å²) >= 11 is 6.10. The van der Waals surface area contributed by atoms with Gasteiger partial charge in [-0.1, -0.05) is 54.1 Å². The third-order valence-electron chi connectivity index (χ3n) is 3.65. The van der Waals surface area contributed by atoms with Crippen molar-refractivity contribution in [1.82, 2.24) is 4.90 Å². The zero-order valence-electron chi connectivity index (χ0n) is 13.1. The summed E-state index contributed by atoms with van der Waals surface area (Å²) in [4.78, 5) is 14.4. The monoisotopic (exact) mass is 332 g/mol. The quantitative estimate of drug-likeness (QED) is 0.835. The van der Waals surface area contributed by atoms with E-state index in [0.29, 0.717) is 23.7 Å². The maximum Gasteiger partial charge on any atom is 0.322 e. The summed E-state index contributed by atoms with van der Waals surface area (Å²) in [6, 6.07) is 16.6. The fourth-order valence-electron chi connectivity index (χ4n) is 2.30. The van der Waals surface area contributed by atoms with Crippen LogP contribution in [0.3, 0.4) is 0 Å². The molecule has 4 nitrogen and oxygen atoms in total. The Morgan fingerprint density at radius 2 is 1.83 bits per heavy atom. The first-order valence-electron chi connectivity index (χ1n) is 7.58. The molecule has 0 fully saturated rings. The van der Waals surface area contributed by atoms with Crippen LogP contribution in [0, 0.1) is 0 Å². The van der Waals surface area contributed by atoms with Crippen LogP contribution in [0.1, 0.15) is 18.9 Å². The van der Waals surface area contributed by atoms with Crippen molar-refractivity contribution in [3.8, 4) is 0 Å². The van der Waals surface area contributed by atoms with Crippen molar-refractivity contribution >= 4 is 23.3 Å². The summed E-state index contributed by atoms with van der Waals surface area (Å²) in [5, 5.41) is 12.5. The topological polar surface area (TPSA) is 52.6 Å². The Balaban J connectivity index is 2.15. The highest BCUT2D eigenvalue weighted by atomic mass is 35.5. The molecule has 0 radical (unpaired) electrons. The minimum Gasteiger partial charge on any atom is -0.396 e.